The Morgan fingerprint density at radius 3 is 2.67 bits per heavy atom. The van der Waals surface area contributed by atoms with E-state index < -0.39 is 5.82 Å². The molecule has 1 aromatic carbocycles. The number of amides is 1. The first-order valence-electron chi connectivity index (χ1n) is 7.35. The third-order valence-corrected chi connectivity index (χ3v) is 3.97. The highest BCUT2D eigenvalue weighted by Gasteiger charge is 2.30. The molecule has 1 aromatic rings. The fourth-order valence-electron chi connectivity index (χ4n) is 2.91. The molecule has 1 fully saturated rings. The van der Waals surface area contributed by atoms with E-state index in [2.05, 4.69) is 11.8 Å². The van der Waals surface area contributed by atoms with E-state index in [1.165, 1.54) is 12.1 Å². The Morgan fingerprint density at radius 1 is 1.38 bits per heavy atom. The molecule has 112 valence electrons. The number of halogens is 1. The first-order valence-corrected chi connectivity index (χ1v) is 7.35. The first-order chi connectivity index (χ1) is 10.0. The molecular weight excluding hydrogens is 267 g/mol. The number of carbonyl (C=O) groups is 1. The molecule has 1 aliphatic heterocycles. The second kappa shape index (κ2) is 6.73. The maximum Gasteiger partial charge on any atom is 0.255 e. The summed E-state index contributed by atoms with van der Waals surface area (Å²) >= 11 is 0. The van der Waals surface area contributed by atoms with Gasteiger partial charge in [-0.1, -0.05) is 11.8 Å². The van der Waals surface area contributed by atoms with Crippen molar-refractivity contribution in [2.24, 2.45) is 5.73 Å². The zero-order valence-electron chi connectivity index (χ0n) is 12.5. The quantitative estimate of drug-likeness (QED) is 0.807. The number of nitrogens with zero attached hydrogens (tertiary/aromatic N) is 1. The maximum absolute atomic E-state index is 13.5. The molecule has 2 N–H and O–H groups in total. The molecule has 0 saturated carbocycles. The minimum absolute atomic E-state index is 0.143. The minimum atomic E-state index is -0.422. The van der Waals surface area contributed by atoms with E-state index in [0.717, 1.165) is 19.3 Å². The summed E-state index contributed by atoms with van der Waals surface area (Å²) in [5, 5.41) is 0. The van der Waals surface area contributed by atoms with Crippen LogP contribution in [0.4, 0.5) is 4.39 Å². The Hall–Kier alpha value is -1.86. The van der Waals surface area contributed by atoms with Gasteiger partial charge in [0.15, 0.2) is 0 Å². The molecule has 1 saturated heterocycles. The second-order valence-electron chi connectivity index (χ2n) is 5.54. The van der Waals surface area contributed by atoms with Crippen LogP contribution in [0.3, 0.4) is 0 Å². The van der Waals surface area contributed by atoms with Gasteiger partial charge in [-0.05, 0) is 51.3 Å². The lowest BCUT2D eigenvalue weighted by Gasteiger charge is -2.39. The van der Waals surface area contributed by atoms with Gasteiger partial charge in [0.2, 0.25) is 0 Å². The highest BCUT2D eigenvalue weighted by atomic mass is 19.1. The summed E-state index contributed by atoms with van der Waals surface area (Å²) < 4.78 is 13.5. The van der Waals surface area contributed by atoms with Gasteiger partial charge in [0, 0.05) is 17.6 Å². The van der Waals surface area contributed by atoms with E-state index in [1.807, 2.05) is 18.7 Å². The van der Waals surface area contributed by atoms with Crippen LogP contribution < -0.4 is 5.73 Å². The van der Waals surface area contributed by atoms with Gasteiger partial charge in [-0.15, -0.1) is 0 Å². The van der Waals surface area contributed by atoms with Crippen molar-refractivity contribution >= 4 is 5.91 Å². The average Bonchev–Trinajstić information content (AvgIpc) is 2.45. The van der Waals surface area contributed by atoms with E-state index >= 15 is 0 Å². The fraction of sp³-hybridized carbons (Fsp3) is 0.471. The molecule has 21 heavy (non-hydrogen) atoms. The highest BCUT2D eigenvalue weighted by Crippen LogP contribution is 2.25. The van der Waals surface area contributed by atoms with Gasteiger partial charge in [0.05, 0.1) is 12.1 Å². The van der Waals surface area contributed by atoms with Gasteiger partial charge in [0.1, 0.15) is 5.82 Å². The van der Waals surface area contributed by atoms with E-state index in [4.69, 9.17) is 5.73 Å². The number of carbonyl (C=O) groups excluding carboxylic acids is 1. The summed E-state index contributed by atoms with van der Waals surface area (Å²) in [6.45, 7) is 4.29. The van der Waals surface area contributed by atoms with Crippen molar-refractivity contribution in [3.63, 3.8) is 0 Å². The molecule has 3 nitrogen and oxygen atoms in total. The molecule has 0 radical (unpaired) electrons. The molecule has 4 heteroatoms. The molecule has 2 unspecified atom stereocenters. The molecule has 1 amide bonds. The number of likely N-dealkylation sites (tertiary alicyclic amines) is 1. The molecule has 2 atom stereocenters. The lowest BCUT2D eigenvalue weighted by atomic mass is 9.95. The van der Waals surface area contributed by atoms with Gasteiger partial charge in [-0.3, -0.25) is 4.79 Å². The van der Waals surface area contributed by atoms with E-state index in [9.17, 15) is 9.18 Å². The third-order valence-electron chi connectivity index (χ3n) is 3.97. The summed E-state index contributed by atoms with van der Waals surface area (Å²) in [7, 11) is 0. The number of rotatable bonds is 1. The number of benzene rings is 1. The Labute approximate surface area is 125 Å². The number of hydrogen-bond donors (Lipinski definition) is 1. The van der Waals surface area contributed by atoms with Crippen molar-refractivity contribution in [3.8, 4) is 11.8 Å². The van der Waals surface area contributed by atoms with Crippen molar-refractivity contribution < 1.29 is 9.18 Å². The average molecular weight is 288 g/mol. The van der Waals surface area contributed by atoms with Crippen molar-refractivity contribution in [1.82, 2.24) is 4.90 Å². The molecule has 0 aromatic heterocycles. The molecule has 2 rings (SSSR count). The smallest absolute Gasteiger partial charge is 0.255 e. The Kier molecular flexibility index (Phi) is 4.98. The number of nitrogens with two attached hydrogens (primary N) is 1. The predicted molar refractivity (Wildman–Crippen MR) is 81.3 cm³/mol. The summed E-state index contributed by atoms with van der Waals surface area (Å²) in [6.07, 6.45) is 3.08. The SMILES string of the molecule is CC1CCCC(C)N1C(=O)c1cc(F)ccc1C#CCN. The van der Waals surface area contributed by atoms with E-state index in [1.54, 1.807) is 6.07 Å². The summed E-state index contributed by atoms with van der Waals surface area (Å²) in [5.74, 6) is 5.02. The maximum atomic E-state index is 13.5. The van der Waals surface area contributed by atoms with Crippen molar-refractivity contribution in [3.05, 3.63) is 35.1 Å². The standard InChI is InChI=1S/C17H21FN2O/c1-12-5-3-6-13(2)20(12)17(21)16-11-15(18)9-8-14(16)7-4-10-19/h8-9,11-13H,3,5-6,10,19H2,1-2H3. The van der Waals surface area contributed by atoms with E-state index in [-0.39, 0.29) is 24.5 Å². The van der Waals surface area contributed by atoms with Gasteiger partial charge in [-0.25, -0.2) is 4.39 Å². The predicted octanol–water partition coefficient (Wildman–Crippen LogP) is 2.54. The molecular formula is C17H21FN2O. The van der Waals surface area contributed by atoms with Crippen LogP contribution in [-0.4, -0.2) is 29.4 Å². The van der Waals surface area contributed by atoms with Crippen molar-refractivity contribution in [2.45, 2.75) is 45.2 Å². The third kappa shape index (κ3) is 3.43. The zero-order valence-corrected chi connectivity index (χ0v) is 12.5. The number of piperidine rings is 1. The summed E-state index contributed by atoms with van der Waals surface area (Å²) in [5.41, 5.74) is 6.25. The topological polar surface area (TPSA) is 46.3 Å². The van der Waals surface area contributed by atoms with Crippen molar-refractivity contribution in [1.29, 1.82) is 0 Å². The van der Waals surface area contributed by atoms with Crippen LogP contribution in [0, 0.1) is 17.7 Å². The number of hydrogen-bond acceptors (Lipinski definition) is 2. The van der Waals surface area contributed by atoms with Crippen LogP contribution in [0.1, 0.15) is 49.0 Å². The summed E-state index contributed by atoms with van der Waals surface area (Å²) in [6, 6.07) is 4.47. The summed E-state index contributed by atoms with van der Waals surface area (Å²) in [4.78, 5) is 14.7. The van der Waals surface area contributed by atoms with Gasteiger partial charge in [-0.2, -0.15) is 0 Å². The molecule has 1 heterocycles. The van der Waals surface area contributed by atoms with Crippen LogP contribution in [0.15, 0.2) is 18.2 Å². The highest BCUT2D eigenvalue weighted by molar-refractivity contribution is 5.97. The normalized spacial score (nSPS) is 21.6. The molecule has 0 spiro atoms. The zero-order chi connectivity index (χ0) is 15.4. The van der Waals surface area contributed by atoms with Crippen LogP contribution in [-0.2, 0) is 0 Å². The Morgan fingerprint density at radius 2 is 2.05 bits per heavy atom. The monoisotopic (exact) mass is 288 g/mol. The van der Waals surface area contributed by atoms with E-state index in [0.29, 0.717) is 11.1 Å². The lowest BCUT2D eigenvalue weighted by molar-refractivity contribution is 0.0510. The van der Waals surface area contributed by atoms with Gasteiger partial charge in [0.25, 0.3) is 5.91 Å². The molecule has 0 bridgehead atoms. The van der Waals surface area contributed by atoms with Crippen LogP contribution in [0.25, 0.3) is 0 Å². The Balaban J connectivity index is 2.39. The van der Waals surface area contributed by atoms with Crippen LogP contribution in [0.5, 0.6) is 0 Å². The molecule has 1 aliphatic rings. The fourth-order valence-corrected chi connectivity index (χ4v) is 2.91. The van der Waals surface area contributed by atoms with Gasteiger partial charge < -0.3 is 10.6 Å². The second-order valence-corrected chi connectivity index (χ2v) is 5.54. The van der Waals surface area contributed by atoms with Crippen LogP contribution in [0.2, 0.25) is 0 Å². The molecule has 0 aliphatic carbocycles. The van der Waals surface area contributed by atoms with Crippen molar-refractivity contribution in [2.75, 3.05) is 6.54 Å². The lowest BCUT2D eigenvalue weighted by Crippen LogP contribution is -2.47. The van der Waals surface area contributed by atoms with Crippen LogP contribution >= 0.6 is 0 Å². The Bertz CT molecular complexity index is 578. The minimum Gasteiger partial charge on any atom is -0.333 e. The first kappa shape index (κ1) is 15.5. The largest absolute Gasteiger partial charge is 0.333 e. The van der Waals surface area contributed by atoms with Gasteiger partial charge >= 0.3 is 0 Å².